The topological polar surface area (TPSA) is 295 Å². The van der Waals surface area contributed by atoms with E-state index >= 15 is 0 Å². The van der Waals surface area contributed by atoms with Crippen LogP contribution in [0, 0.1) is 0 Å². The number of nitrogens with one attached hydrogen (secondary N) is 9. The van der Waals surface area contributed by atoms with E-state index < -0.39 is 95.7 Å². The van der Waals surface area contributed by atoms with E-state index in [4.69, 9.17) is 5.73 Å². The number of benzene rings is 5. The molecule has 420 valence electrons. The van der Waals surface area contributed by atoms with Gasteiger partial charge in [-0.2, -0.15) is 0 Å². The van der Waals surface area contributed by atoms with Crippen molar-refractivity contribution in [2.24, 2.45) is 5.73 Å². The maximum absolute atomic E-state index is 14.9. The second-order valence-electron chi connectivity index (χ2n) is 20.2. The minimum atomic E-state index is -1.66. The molecular weight excluding hydrogens is 1020 g/mol. The van der Waals surface area contributed by atoms with E-state index in [2.05, 4.69) is 47.5 Å². The second-order valence-corrected chi connectivity index (χ2v) is 20.2. The van der Waals surface area contributed by atoms with E-state index in [1.807, 2.05) is 54.6 Å². The highest BCUT2D eigenvalue weighted by Gasteiger charge is 2.36. The van der Waals surface area contributed by atoms with Gasteiger partial charge in [0.2, 0.25) is 47.3 Å². The molecule has 0 radical (unpaired) electrons. The number of H-pyrrole nitrogens is 1. The maximum atomic E-state index is 14.9. The van der Waals surface area contributed by atoms with Gasteiger partial charge in [-0.05, 0) is 73.0 Å². The van der Waals surface area contributed by atoms with Gasteiger partial charge in [0.25, 0.3) is 0 Å². The Hall–Kier alpha value is -8.68. The Morgan fingerprint density at radius 3 is 1.34 bits per heavy atom. The number of aromatic amines is 1. The van der Waals surface area contributed by atoms with Gasteiger partial charge in [-0.15, -0.1) is 0 Å². The summed E-state index contributed by atoms with van der Waals surface area (Å²) in [4.78, 5) is 119. The number of para-hydroxylation sites is 1. The number of aliphatic hydroxyl groups excluding tert-OH is 1. The van der Waals surface area contributed by atoms with Gasteiger partial charge >= 0.3 is 0 Å². The first kappa shape index (κ1) is 59.0. The molecule has 5 aromatic carbocycles. The van der Waals surface area contributed by atoms with E-state index in [1.54, 1.807) is 97.2 Å². The normalized spacial score (nSPS) is 22.1. The fourth-order valence-electron chi connectivity index (χ4n) is 9.59. The molecule has 0 bridgehead atoms. The SMILES string of the molecule is C[C@@H](O)[C@@H]1NC(=O)[C@H](CCCCN)NC(=O)[C@@H](Cc2c[nH]c3ccccc23)NC(=O)[C@H](Cc2ccccc2)NC(=O)[C@H](Cc2ccccc2)NC(=O)CCCNC(=O)[C@H](Cc2ccccc2)NC(=O)[C@H](Cc2ccccc2)NC1=O. The minimum Gasteiger partial charge on any atom is -0.391 e. The highest BCUT2D eigenvalue weighted by Crippen LogP contribution is 2.20. The van der Waals surface area contributed by atoms with E-state index in [1.165, 1.54) is 6.92 Å². The summed E-state index contributed by atoms with van der Waals surface area (Å²) in [5, 5.41) is 34.4. The zero-order valence-electron chi connectivity index (χ0n) is 44.8. The highest BCUT2D eigenvalue weighted by atomic mass is 16.3. The molecule has 2 heterocycles. The number of rotatable bonds is 15. The number of fused-ring (bicyclic) bond motifs is 1. The van der Waals surface area contributed by atoms with Crippen LogP contribution < -0.4 is 48.3 Å². The van der Waals surface area contributed by atoms with Gasteiger partial charge in [0.1, 0.15) is 42.3 Å². The summed E-state index contributed by atoms with van der Waals surface area (Å²) in [6.07, 6.45) is 1.01. The number of nitrogens with two attached hydrogens (primary N) is 1. The molecule has 80 heavy (non-hydrogen) atoms. The molecule has 1 aromatic heterocycles. The summed E-state index contributed by atoms with van der Waals surface area (Å²) in [5.41, 5.74) is 10.1. The van der Waals surface area contributed by atoms with E-state index in [0.717, 1.165) is 22.0 Å². The number of hydrogen-bond acceptors (Lipinski definition) is 10. The minimum absolute atomic E-state index is 0.00272. The van der Waals surface area contributed by atoms with E-state index in [9.17, 15) is 43.5 Å². The van der Waals surface area contributed by atoms with Gasteiger partial charge in [0, 0.05) is 62.2 Å². The van der Waals surface area contributed by atoms with Crippen molar-refractivity contribution in [3.63, 3.8) is 0 Å². The molecule has 1 fully saturated rings. The molecule has 19 heteroatoms. The Kier molecular flexibility index (Phi) is 22.0. The molecule has 1 saturated heterocycles. The van der Waals surface area contributed by atoms with Crippen molar-refractivity contribution in [3.8, 4) is 0 Å². The number of amides is 8. The van der Waals surface area contributed by atoms with Gasteiger partial charge in [-0.25, -0.2) is 0 Å². The van der Waals surface area contributed by atoms with Crippen LogP contribution in [0.1, 0.15) is 66.8 Å². The fraction of sp³-hybridized carbons (Fsp3) is 0.344. The summed E-state index contributed by atoms with van der Waals surface area (Å²) in [6.45, 7) is 1.56. The van der Waals surface area contributed by atoms with Crippen LogP contribution in [0.15, 0.2) is 152 Å². The molecule has 0 aliphatic carbocycles. The average Bonchev–Trinajstić information content (AvgIpc) is 3.89. The van der Waals surface area contributed by atoms with Gasteiger partial charge in [-0.1, -0.05) is 140 Å². The van der Waals surface area contributed by atoms with Gasteiger partial charge in [-0.3, -0.25) is 38.4 Å². The monoisotopic (exact) mass is 1090 g/mol. The lowest BCUT2D eigenvalue weighted by Crippen LogP contribution is -2.62. The lowest BCUT2D eigenvalue weighted by molar-refractivity contribution is -0.137. The van der Waals surface area contributed by atoms with Crippen molar-refractivity contribution < 1.29 is 43.5 Å². The molecular formula is C61H72N10O9. The largest absolute Gasteiger partial charge is 0.391 e. The Labute approximate surface area is 465 Å². The van der Waals surface area contributed by atoms with Crippen LogP contribution in [-0.4, -0.2) is 119 Å². The number of hydrogen-bond donors (Lipinski definition) is 11. The maximum Gasteiger partial charge on any atom is 0.245 e. The number of carbonyl (C=O) groups is 8. The zero-order chi connectivity index (χ0) is 56.8. The molecule has 8 amide bonds. The van der Waals surface area contributed by atoms with Crippen molar-refractivity contribution in [3.05, 3.63) is 180 Å². The number of unbranched alkanes of at least 4 members (excludes halogenated alkanes) is 1. The van der Waals surface area contributed by atoms with Crippen molar-refractivity contribution in [2.75, 3.05) is 13.1 Å². The molecule has 1 aliphatic rings. The summed E-state index contributed by atoms with van der Waals surface area (Å²) in [6, 6.07) is 33.9. The lowest BCUT2D eigenvalue weighted by Gasteiger charge is -2.29. The van der Waals surface area contributed by atoms with E-state index in [-0.39, 0.29) is 64.5 Å². The molecule has 7 rings (SSSR count). The van der Waals surface area contributed by atoms with Crippen molar-refractivity contribution >= 4 is 58.2 Å². The standard InChI is InChI=1S/C61H72N10O9/c1-39(72)54-61(80)70-51(36-43-25-12-5-13-26-43)59(78)67-48(33-40-19-6-2-7-20-40)55(74)63-32-18-30-53(73)65-49(34-41-21-8-3-9-22-41)57(76)68-50(35-42-23-10-4-11-24-42)58(77)69-52(37-44-38-64-46-28-15-14-27-45(44)46)60(79)66-47(56(75)71-54)29-16-17-31-62/h2-15,19-28,38-39,47-52,54,64,72H,16-18,29-37,62H2,1H3,(H,63,74)(H,65,73)(H,66,79)(H,67,78)(H,68,76)(H,69,77)(H,70,80)(H,71,75)/t39-,47+,48+,49+,50+,51+,52-,54+/m1/s1. The van der Waals surface area contributed by atoms with Gasteiger partial charge < -0.3 is 58.4 Å². The van der Waals surface area contributed by atoms with Crippen LogP contribution in [0.4, 0.5) is 0 Å². The first-order valence-corrected chi connectivity index (χ1v) is 27.2. The highest BCUT2D eigenvalue weighted by molar-refractivity contribution is 5.98. The summed E-state index contributed by atoms with van der Waals surface area (Å²) >= 11 is 0. The molecule has 1 aliphatic heterocycles. The Bertz CT molecular complexity index is 3020. The Morgan fingerprint density at radius 2 is 0.863 bits per heavy atom. The van der Waals surface area contributed by atoms with Crippen molar-refractivity contribution in [1.29, 1.82) is 0 Å². The second kappa shape index (κ2) is 29.9. The number of aliphatic hydroxyl groups is 1. The first-order valence-electron chi connectivity index (χ1n) is 27.2. The summed E-state index contributed by atoms with van der Waals surface area (Å²) < 4.78 is 0. The third-order valence-corrected chi connectivity index (χ3v) is 13.9. The number of carbonyl (C=O) groups excluding carboxylic acids is 8. The quantitative estimate of drug-likeness (QED) is 0.0668. The zero-order valence-corrected chi connectivity index (χ0v) is 44.8. The van der Waals surface area contributed by atoms with E-state index in [0.29, 0.717) is 29.5 Å². The summed E-state index contributed by atoms with van der Waals surface area (Å²) in [5.74, 6) is -5.78. The van der Waals surface area contributed by atoms with Crippen LogP contribution in [-0.2, 0) is 70.5 Å². The van der Waals surface area contributed by atoms with Crippen LogP contribution in [0.25, 0.3) is 10.9 Å². The molecule has 6 aromatic rings. The molecule has 12 N–H and O–H groups in total. The van der Waals surface area contributed by atoms with Crippen LogP contribution >= 0.6 is 0 Å². The molecule has 0 unspecified atom stereocenters. The Morgan fingerprint density at radius 1 is 0.463 bits per heavy atom. The van der Waals surface area contributed by atoms with Gasteiger partial charge in [0.05, 0.1) is 6.10 Å². The van der Waals surface area contributed by atoms with Gasteiger partial charge in [0.15, 0.2) is 0 Å². The first-order chi connectivity index (χ1) is 38.7. The average molecular weight is 1090 g/mol. The smallest absolute Gasteiger partial charge is 0.245 e. The van der Waals surface area contributed by atoms with Crippen molar-refractivity contribution in [1.82, 2.24) is 47.5 Å². The summed E-state index contributed by atoms with van der Waals surface area (Å²) in [7, 11) is 0. The molecule has 0 saturated carbocycles. The Balaban J connectivity index is 1.26. The predicted octanol–water partition coefficient (Wildman–Crippen LogP) is 2.49. The third kappa shape index (κ3) is 17.7. The lowest BCUT2D eigenvalue weighted by atomic mass is 10.00. The fourth-order valence-corrected chi connectivity index (χ4v) is 9.59. The third-order valence-electron chi connectivity index (χ3n) is 13.9. The van der Waals surface area contributed by atoms with Crippen molar-refractivity contribution in [2.45, 2.75) is 120 Å². The molecule has 8 atom stereocenters. The molecule has 0 spiro atoms. The molecule has 19 nitrogen and oxygen atoms in total. The predicted molar refractivity (Wildman–Crippen MR) is 303 cm³/mol. The van der Waals surface area contributed by atoms with Crippen LogP contribution in [0.5, 0.6) is 0 Å². The number of aromatic nitrogens is 1. The van der Waals surface area contributed by atoms with Crippen LogP contribution in [0.3, 0.4) is 0 Å². The van der Waals surface area contributed by atoms with Crippen LogP contribution in [0.2, 0.25) is 0 Å².